The highest BCUT2D eigenvalue weighted by Crippen LogP contribution is 2.44. The van der Waals surface area contributed by atoms with Crippen molar-refractivity contribution in [2.24, 2.45) is 5.41 Å². The van der Waals surface area contributed by atoms with Gasteiger partial charge in [-0.2, -0.15) is 5.10 Å². The molecule has 0 saturated carbocycles. The Morgan fingerprint density at radius 2 is 2.00 bits per heavy atom. The Morgan fingerprint density at radius 1 is 1.19 bits per heavy atom. The molecule has 27 heavy (non-hydrogen) atoms. The Kier molecular flexibility index (Phi) is 4.26. The van der Waals surface area contributed by atoms with Crippen LogP contribution in [0.5, 0.6) is 0 Å². The van der Waals surface area contributed by atoms with Gasteiger partial charge in [-0.3, -0.25) is 9.80 Å². The second kappa shape index (κ2) is 6.54. The molecule has 2 saturated heterocycles. The van der Waals surface area contributed by atoms with Crippen LogP contribution in [0.1, 0.15) is 49.7 Å². The molecule has 3 aliphatic heterocycles. The van der Waals surface area contributed by atoms with Gasteiger partial charge in [-0.25, -0.2) is 9.50 Å². The molecule has 0 amide bonds. The lowest BCUT2D eigenvalue weighted by atomic mass is 9.88. The second-order valence-electron chi connectivity index (χ2n) is 9.39. The fraction of sp³-hybridized carbons (Fsp3) is 0.714. The van der Waals surface area contributed by atoms with Crippen molar-refractivity contribution in [3.63, 3.8) is 0 Å². The summed E-state index contributed by atoms with van der Waals surface area (Å²) in [6.45, 7) is 13.1. The van der Waals surface area contributed by atoms with Crippen molar-refractivity contribution in [2.45, 2.75) is 52.1 Å². The summed E-state index contributed by atoms with van der Waals surface area (Å²) in [7, 11) is 0. The fourth-order valence-corrected chi connectivity index (χ4v) is 5.45. The Balaban J connectivity index is 1.38. The van der Waals surface area contributed by atoms with Crippen molar-refractivity contribution in [3.8, 4) is 0 Å². The van der Waals surface area contributed by atoms with E-state index in [0.29, 0.717) is 12.1 Å². The summed E-state index contributed by atoms with van der Waals surface area (Å²) in [5.41, 5.74) is 5.11. The summed E-state index contributed by atoms with van der Waals surface area (Å²) in [5.74, 6) is 0. The molecule has 0 aromatic carbocycles. The third kappa shape index (κ3) is 3.18. The van der Waals surface area contributed by atoms with E-state index in [2.05, 4.69) is 47.3 Å². The van der Waals surface area contributed by atoms with Gasteiger partial charge in [0, 0.05) is 62.5 Å². The first-order chi connectivity index (χ1) is 13.0. The van der Waals surface area contributed by atoms with Crippen LogP contribution in [-0.4, -0.2) is 69.8 Å². The highest BCUT2D eigenvalue weighted by Gasteiger charge is 2.43. The molecular weight excluding hydrogens is 338 g/mol. The van der Waals surface area contributed by atoms with E-state index in [-0.39, 0.29) is 5.41 Å². The van der Waals surface area contributed by atoms with Crippen LogP contribution in [-0.2, 0) is 11.2 Å². The topological polar surface area (TPSA) is 45.9 Å². The number of rotatable bonds is 4. The number of aromatic nitrogens is 3. The number of morpholine rings is 1. The van der Waals surface area contributed by atoms with Crippen molar-refractivity contribution >= 4 is 5.65 Å². The number of nitrogens with zero attached hydrogens (tertiary/aromatic N) is 5. The van der Waals surface area contributed by atoms with Crippen LogP contribution in [0.25, 0.3) is 5.65 Å². The third-order valence-corrected chi connectivity index (χ3v) is 6.53. The van der Waals surface area contributed by atoms with Crippen LogP contribution in [0.3, 0.4) is 0 Å². The summed E-state index contributed by atoms with van der Waals surface area (Å²) in [6, 6.07) is 3.23. The number of aryl methyl sites for hydroxylation is 1. The monoisotopic (exact) mass is 369 g/mol. The first-order valence-corrected chi connectivity index (χ1v) is 10.4. The van der Waals surface area contributed by atoms with Gasteiger partial charge < -0.3 is 4.74 Å². The lowest BCUT2D eigenvalue weighted by Gasteiger charge is -2.43. The van der Waals surface area contributed by atoms with E-state index in [1.165, 1.54) is 24.1 Å². The summed E-state index contributed by atoms with van der Waals surface area (Å²) in [5, 5.41) is 4.72. The molecule has 0 radical (unpaired) electrons. The summed E-state index contributed by atoms with van der Waals surface area (Å²) >= 11 is 0. The van der Waals surface area contributed by atoms with Gasteiger partial charge in [0.25, 0.3) is 0 Å². The average molecular weight is 370 g/mol. The summed E-state index contributed by atoms with van der Waals surface area (Å²) in [6.07, 6.45) is 5.76. The highest BCUT2D eigenvalue weighted by molar-refractivity contribution is 5.44. The van der Waals surface area contributed by atoms with E-state index in [1.54, 1.807) is 0 Å². The second-order valence-corrected chi connectivity index (χ2v) is 9.39. The van der Waals surface area contributed by atoms with Gasteiger partial charge in [0.2, 0.25) is 0 Å². The molecule has 2 unspecified atom stereocenters. The van der Waals surface area contributed by atoms with Gasteiger partial charge in [-0.1, -0.05) is 13.8 Å². The lowest BCUT2D eigenvalue weighted by molar-refractivity contribution is 0.00978. The molecular formula is C21H31N5O. The van der Waals surface area contributed by atoms with Crippen LogP contribution < -0.4 is 0 Å². The predicted octanol–water partition coefficient (Wildman–Crippen LogP) is 2.46. The summed E-state index contributed by atoms with van der Waals surface area (Å²) in [4.78, 5) is 10.0. The van der Waals surface area contributed by atoms with E-state index >= 15 is 0 Å². The number of fused-ring (bicyclic) bond motifs is 6. The van der Waals surface area contributed by atoms with Crippen LogP contribution >= 0.6 is 0 Å². The van der Waals surface area contributed by atoms with Gasteiger partial charge in [-0.15, -0.1) is 0 Å². The van der Waals surface area contributed by atoms with Gasteiger partial charge in [0.15, 0.2) is 5.65 Å². The van der Waals surface area contributed by atoms with Crippen molar-refractivity contribution < 1.29 is 4.74 Å². The number of ether oxygens (including phenoxy) is 1. The molecule has 0 N–H and O–H groups in total. The van der Waals surface area contributed by atoms with E-state index in [4.69, 9.17) is 14.8 Å². The van der Waals surface area contributed by atoms with Crippen LogP contribution in [0.15, 0.2) is 12.3 Å². The molecule has 0 aliphatic carbocycles. The Morgan fingerprint density at radius 3 is 2.81 bits per heavy atom. The Bertz CT molecular complexity index is 838. The molecule has 2 aromatic rings. The summed E-state index contributed by atoms with van der Waals surface area (Å²) < 4.78 is 7.62. The predicted molar refractivity (Wildman–Crippen MR) is 105 cm³/mol. The van der Waals surface area contributed by atoms with E-state index in [0.717, 1.165) is 57.2 Å². The van der Waals surface area contributed by atoms with Gasteiger partial charge in [-0.05, 0) is 25.2 Å². The molecule has 146 valence electrons. The highest BCUT2D eigenvalue weighted by atomic mass is 16.5. The minimum absolute atomic E-state index is 0.273. The zero-order valence-electron chi connectivity index (χ0n) is 16.8. The van der Waals surface area contributed by atoms with E-state index in [9.17, 15) is 0 Å². The van der Waals surface area contributed by atoms with Crippen molar-refractivity contribution in [2.75, 3.05) is 39.4 Å². The quantitative estimate of drug-likeness (QED) is 0.828. The van der Waals surface area contributed by atoms with Crippen molar-refractivity contribution in [1.29, 1.82) is 0 Å². The van der Waals surface area contributed by atoms with Crippen molar-refractivity contribution in [1.82, 2.24) is 24.4 Å². The van der Waals surface area contributed by atoms with Gasteiger partial charge in [0.1, 0.15) is 0 Å². The average Bonchev–Trinajstić information content (AvgIpc) is 3.12. The standard InChI is InChI=1S/C21H31N5O/c1-15-10-20-22-12-17-18-5-4-16(11-19(17)26(20)23-15)25(18)14-21(2,3)13-24-6-8-27-9-7-24/h10,12,16,18H,4-9,11,13-14H2,1-3H3. The SMILES string of the molecule is Cc1cc2ncc3c(n2n1)CC1CCC3N1CC(C)(C)CN1CCOCC1. The maximum absolute atomic E-state index is 5.52. The molecule has 2 fully saturated rings. The molecule has 2 aromatic heterocycles. The maximum Gasteiger partial charge on any atom is 0.155 e. The molecule has 2 atom stereocenters. The normalized spacial score (nSPS) is 26.6. The van der Waals surface area contributed by atoms with Gasteiger partial charge in [0.05, 0.1) is 24.6 Å². The fourth-order valence-electron chi connectivity index (χ4n) is 5.45. The molecule has 0 spiro atoms. The smallest absolute Gasteiger partial charge is 0.155 e. The zero-order valence-corrected chi connectivity index (χ0v) is 16.8. The largest absolute Gasteiger partial charge is 0.379 e. The Hall–Kier alpha value is -1.50. The molecule has 6 heteroatoms. The molecule has 5 heterocycles. The van der Waals surface area contributed by atoms with Crippen molar-refractivity contribution in [3.05, 3.63) is 29.2 Å². The first-order valence-electron chi connectivity index (χ1n) is 10.4. The van der Waals surface area contributed by atoms with Crippen LogP contribution in [0.4, 0.5) is 0 Å². The van der Waals surface area contributed by atoms with Crippen LogP contribution in [0, 0.1) is 12.3 Å². The molecule has 5 rings (SSSR count). The third-order valence-electron chi connectivity index (χ3n) is 6.53. The Labute approximate surface area is 161 Å². The molecule has 6 nitrogen and oxygen atoms in total. The molecule has 3 aliphatic rings. The van der Waals surface area contributed by atoms with E-state index < -0.39 is 0 Å². The zero-order chi connectivity index (χ0) is 18.6. The maximum atomic E-state index is 5.52. The number of hydrogen-bond acceptors (Lipinski definition) is 5. The minimum atomic E-state index is 0.273. The van der Waals surface area contributed by atoms with Gasteiger partial charge >= 0.3 is 0 Å². The first kappa shape index (κ1) is 17.6. The number of hydrogen-bond donors (Lipinski definition) is 0. The lowest BCUT2D eigenvalue weighted by Crippen LogP contribution is -2.49. The molecule has 2 bridgehead atoms. The van der Waals surface area contributed by atoms with Crippen LogP contribution in [0.2, 0.25) is 0 Å². The van der Waals surface area contributed by atoms with E-state index in [1.807, 2.05) is 0 Å². The minimum Gasteiger partial charge on any atom is -0.379 e.